The van der Waals surface area contributed by atoms with Crippen molar-refractivity contribution in [1.82, 2.24) is 9.80 Å². The van der Waals surface area contributed by atoms with Crippen LogP contribution in [0.4, 0.5) is 0 Å². The summed E-state index contributed by atoms with van der Waals surface area (Å²) in [4.78, 5) is 5.38. The highest BCUT2D eigenvalue weighted by Crippen LogP contribution is 2.60. The maximum atomic E-state index is 6.36. The van der Waals surface area contributed by atoms with Gasteiger partial charge < -0.3 is 19.3 Å². The minimum absolute atomic E-state index is 0.0258. The van der Waals surface area contributed by atoms with Gasteiger partial charge in [0.25, 0.3) is 0 Å². The van der Waals surface area contributed by atoms with E-state index in [0.29, 0.717) is 12.2 Å². The van der Waals surface area contributed by atoms with Gasteiger partial charge in [-0.2, -0.15) is 0 Å². The molecule has 4 atom stereocenters. The first-order chi connectivity index (χ1) is 13.9. The molecule has 0 bridgehead atoms. The lowest BCUT2D eigenvalue weighted by Crippen LogP contribution is -2.40. The third-order valence-electron chi connectivity index (χ3n) is 8.40. The quantitative estimate of drug-likeness (QED) is 0.414. The monoisotopic (exact) mass is 404 g/mol. The van der Waals surface area contributed by atoms with Gasteiger partial charge in [0.15, 0.2) is 0 Å². The summed E-state index contributed by atoms with van der Waals surface area (Å²) in [5, 5.41) is 0. The van der Waals surface area contributed by atoms with Gasteiger partial charge in [-0.05, 0) is 97.8 Å². The van der Waals surface area contributed by atoms with Crippen LogP contribution in [0.25, 0.3) is 0 Å². The molecule has 166 valence electrons. The maximum absolute atomic E-state index is 6.36. The van der Waals surface area contributed by atoms with Crippen LogP contribution >= 0.6 is 0 Å². The molecular weight excluding hydrogens is 360 g/mol. The fourth-order valence-corrected chi connectivity index (χ4v) is 6.14. The third-order valence-corrected chi connectivity index (χ3v) is 8.40. The molecule has 0 amide bonds. The van der Waals surface area contributed by atoms with Gasteiger partial charge in [0, 0.05) is 12.6 Å². The van der Waals surface area contributed by atoms with E-state index in [0.717, 1.165) is 18.4 Å². The van der Waals surface area contributed by atoms with Gasteiger partial charge in [0.1, 0.15) is 11.7 Å². The summed E-state index contributed by atoms with van der Waals surface area (Å²) in [6.45, 7) is 17.5. The smallest absolute Gasteiger partial charge is 0.121 e. The van der Waals surface area contributed by atoms with Crippen LogP contribution in [0, 0.1) is 5.92 Å². The molecule has 0 N–H and O–H groups in total. The first-order valence-corrected chi connectivity index (χ1v) is 12.4. The molecule has 4 rings (SSSR count). The predicted molar refractivity (Wildman–Crippen MR) is 119 cm³/mol. The SMILES string of the molecule is CCN(CC)CCC1CCN(C2CCC3(CC2)OC3[C@]2(C)O[C@@H]2CC=C(C)C)C1. The topological polar surface area (TPSA) is 31.5 Å². The summed E-state index contributed by atoms with van der Waals surface area (Å²) in [7, 11) is 0. The van der Waals surface area contributed by atoms with Crippen LogP contribution in [-0.4, -0.2) is 72.0 Å². The number of hydrogen-bond donors (Lipinski definition) is 0. The van der Waals surface area contributed by atoms with Crippen LogP contribution in [0.3, 0.4) is 0 Å². The van der Waals surface area contributed by atoms with Gasteiger partial charge in [0.05, 0.1) is 11.7 Å². The number of allylic oxidation sites excluding steroid dienone is 1. The molecule has 29 heavy (non-hydrogen) atoms. The summed E-state index contributed by atoms with van der Waals surface area (Å²) < 4.78 is 12.5. The molecule has 2 unspecified atom stereocenters. The van der Waals surface area contributed by atoms with E-state index in [9.17, 15) is 0 Å². The number of epoxide rings is 2. The van der Waals surface area contributed by atoms with Crippen LogP contribution in [-0.2, 0) is 9.47 Å². The molecule has 1 saturated carbocycles. The molecule has 3 saturated heterocycles. The molecule has 3 aliphatic heterocycles. The summed E-state index contributed by atoms with van der Waals surface area (Å²) in [6, 6.07) is 0.790. The molecule has 0 aromatic heterocycles. The van der Waals surface area contributed by atoms with Gasteiger partial charge in [-0.25, -0.2) is 0 Å². The van der Waals surface area contributed by atoms with Crippen molar-refractivity contribution in [2.45, 2.75) is 109 Å². The van der Waals surface area contributed by atoms with Crippen LogP contribution in [0.1, 0.15) is 79.6 Å². The van der Waals surface area contributed by atoms with Gasteiger partial charge in [0.2, 0.25) is 0 Å². The summed E-state index contributed by atoms with van der Waals surface area (Å²) in [5.41, 5.74) is 1.50. The Kier molecular flexibility index (Phi) is 6.47. The number of rotatable bonds is 9. The highest BCUT2D eigenvalue weighted by Gasteiger charge is 2.73. The number of hydrogen-bond acceptors (Lipinski definition) is 4. The second-order valence-electron chi connectivity index (χ2n) is 10.6. The minimum Gasteiger partial charge on any atom is -0.363 e. The Morgan fingerprint density at radius 2 is 1.83 bits per heavy atom. The molecule has 0 radical (unpaired) electrons. The van der Waals surface area contributed by atoms with Crippen molar-refractivity contribution in [3.8, 4) is 0 Å². The Hall–Kier alpha value is -0.420. The van der Waals surface area contributed by atoms with Gasteiger partial charge in [-0.15, -0.1) is 0 Å². The van der Waals surface area contributed by atoms with Gasteiger partial charge >= 0.3 is 0 Å². The molecule has 3 heterocycles. The second kappa shape index (κ2) is 8.61. The van der Waals surface area contributed by atoms with Crippen molar-refractivity contribution in [3.05, 3.63) is 11.6 Å². The molecule has 1 spiro atoms. The van der Waals surface area contributed by atoms with Crippen LogP contribution < -0.4 is 0 Å². The Balaban J connectivity index is 1.20. The number of nitrogens with zero attached hydrogens (tertiary/aromatic N) is 2. The van der Waals surface area contributed by atoms with E-state index in [2.05, 4.69) is 50.5 Å². The lowest BCUT2D eigenvalue weighted by Gasteiger charge is -2.34. The van der Waals surface area contributed by atoms with Crippen molar-refractivity contribution in [3.63, 3.8) is 0 Å². The van der Waals surface area contributed by atoms with Crippen molar-refractivity contribution in [2.24, 2.45) is 5.92 Å². The number of likely N-dealkylation sites (tertiary alicyclic amines) is 1. The molecule has 4 heteroatoms. The van der Waals surface area contributed by atoms with E-state index in [1.807, 2.05) is 0 Å². The molecule has 4 fully saturated rings. The fraction of sp³-hybridized carbons (Fsp3) is 0.920. The maximum Gasteiger partial charge on any atom is 0.121 e. The van der Waals surface area contributed by atoms with E-state index in [4.69, 9.17) is 9.47 Å². The Bertz CT molecular complexity index is 590. The van der Waals surface area contributed by atoms with Crippen molar-refractivity contribution < 1.29 is 9.47 Å². The van der Waals surface area contributed by atoms with Crippen LogP contribution in [0.15, 0.2) is 11.6 Å². The molecule has 0 aromatic carbocycles. The Morgan fingerprint density at radius 3 is 2.48 bits per heavy atom. The average Bonchev–Trinajstić information content (AvgIpc) is 3.52. The summed E-state index contributed by atoms with van der Waals surface area (Å²) in [5.74, 6) is 0.908. The highest BCUT2D eigenvalue weighted by atomic mass is 16.7. The van der Waals surface area contributed by atoms with E-state index < -0.39 is 0 Å². The van der Waals surface area contributed by atoms with Crippen LogP contribution in [0.2, 0.25) is 0 Å². The normalized spacial score (nSPS) is 41.9. The van der Waals surface area contributed by atoms with Crippen molar-refractivity contribution in [1.29, 1.82) is 0 Å². The highest BCUT2D eigenvalue weighted by molar-refractivity contribution is 5.22. The molecular formula is C25H44N2O2. The van der Waals surface area contributed by atoms with Gasteiger partial charge in [-0.1, -0.05) is 25.5 Å². The molecule has 1 aliphatic carbocycles. The largest absolute Gasteiger partial charge is 0.363 e. The standard InChI is InChI=1S/C25H44N2O2/c1-6-26(7-2)16-12-20-13-17-27(18-20)21-10-14-25(15-11-21)23(29-25)24(5)22(28-24)9-8-19(3)4/h8,20-23H,6-7,9-18H2,1-5H3/t20?,21?,22-,23?,24-,25?/m1/s1. The van der Waals surface area contributed by atoms with E-state index in [1.165, 1.54) is 76.8 Å². The lowest BCUT2D eigenvalue weighted by atomic mass is 9.79. The first-order valence-electron chi connectivity index (χ1n) is 12.4. The van der Waals surface area contributed by atoms with Crippen LogP contribution in [0.5, 0.6) is 0 Å². The van der Waals surface area contributed by atoms with Gasteiger partial charge in [-0.3, -0.25) is 0 Å². The van der Waals surface area contributed by atoms with E-state index in [-0.39, 0.29) is 11.2 Å². The fourth-order valence-electron chi connectivity index (χ4n) is 6.14. The summed E-state index contributed by atoms with van der Waals surface area (Å²) in [6.07, 6.45) is 11.9. The molecule has 4 aliphatic rings. The van der Waals surface area contributed by atoms with E-state index >= 15 is 0 Å². The Morgan fingerprint density at radius 1 is 1.10 bits per heavy atom. The minimum atomic E-state index is -0.0258. The second-order valence-corrected chi connectivity index (χ2v) is 10.6. The number of ether oxygens (including phenoxy) is 2. The lowest BCUT2D eigenvalue weighted by molar-refractivity contribution is 0.134. The average molecular weight is 405 g/mol. The zero-order chi connectivity index (χ0) is 20.6. The van der Waals surface area contributed by atoms with Crippen molar-refractivity contribution >= 4 is 0 Å². The third kappa shape index (κ3) is 4.61. The predicted octanol–water partition coefficient (Wildman–Crippen LogP) is 4.63. The zero-order valence-corrected chi connectivity index (χ0v) is 19.6. The first kappa shape index (κ1) is 21.8. The Labute approximate surface area is 179 Å². The molecule has 0 aromatic rings. The summed E-state index contributed by atoms with van der Waals surface area (Å²) >= 11 is 0. The zero-order valence-electron chi connectivity index (χ0n) is 19.6. The van der Waals surface area contributed by atoms with E-state index in [1.54, 1.807) is 0 Å². The molecule has 4 nitrogen and oxygen atoms in total. The van der Waals surface area contributed by atoms with Crippen molar-refractivity contribution in [2.75, 3.05) is 32.7 Å².